The summed E-state index contributed by atoms with van der Waals surface area (Å²) in [6, 6.07) is 1.77. The fourth-order valence-electron chi connectivity index (χ4n) is 1.85. The van der Waals surface area contributed by atoms with E-state index in [9.17, 15) is 4.79 Å². The third-order valence-electron chi connectivity index (χ3n) is 2.65. The number of carbonyl (C=O) groups excluding carboxylic acids is 1. The van der Waals surface area contributed by atoms with Gasteiger partial charge in [0.15, 0.2) is 17.8 Å². The molecule has 0 radical (unpaired) electrons. The van der Waals surface area contributed by atoms with E-state index < -0.39 is 0 Å². The van der Waals surface area contributed by atoms with Crippen LogP contribution in [-0.4, -0.2) is 26.0 Å². The SMILES string of the molecule is NCCCc1c(Br)cc(C=O)c2c1OCCO2. The van der Waals surface area contributed by atoms with Crippen LogP contribution in [0.3, 0.4) is 0 Å². The quantitative estimate of drug-likeness (QED) is 0.863. The zero-order valence-electron chi connectivity index (χ0n) is 9.37. The van der Waals surface area contributed by atoms with Crippen molar-refractivity contribution >= 4 is 22.2 Å². The second-order valence-corrected chi connectivity index (χ2v) is 4.65. The number of carbonyl (C=O) groups is 1. The number of aldehydes is 1. The first-order valence-corrected chi connectivity index (χ1v) is 6.33. The Kier molecular flexibility index (Phi) is 4.02. The molecule has 0 atom stereocenters. The van der Waals surface area contributed by atoms with Gasteiger partial charge in [-0.25, -0.2) is 0 Å². The molecule has 0 aliphatic carbocycles. The van der Waals surface area contributed by atoms with Crippen LogP contribution in [0.4, 0.5) is 0 Å². The van der Waals surface area contributed by atoms with Crippen LogP contribution < -0.4 is 15.2 Å². The third-order valence-corrected chi connectivity index (χ3v) is 3.35. The molecule has 1 heterocycles. The van der Waals surface area contributed by atoms with Gasteiger partial charge in [-0.05, 0) is 25.5 Å². The molecule has 1 aliphatic heterocycles. The van der Waals surface area contributed by atoms with E-state index in [-0.39, 0.29) is 0 Å². The Morgan fingerprint density at radius 2 is 2.06 bits per heavy atom. The Balaban J connectivity index is 2.47. The van der Waals surface area contributed by atoms with Crippen molar-refractivity contribution in [3.63, 3.8) is 0 Å². The summed E-state index contributed by atoms with van der Waals surface area (Å²) in [6.07, 6.45) is 2.46. The van der Waals surface area contributed by atoms with E-state index in [1.165, 1.54) is 0 Å². The molecule has 0 aromatic heterocycles. The highest BCUT2D eigenvalue weighted by molar-refractivity contribution is 9.10. The van der Waals surface area contributed by atoms with Crippen molar-refractivity contribution in [1.29, 1.82) is 0 Å². The van der Waals surface area contributed by atoms with E-state index in [1.54, 1.807) is 6.07 Å². The molecule has 1 aromatic carbocycles. The molecule has 0 unspecified atom stereocenters. The van der Waals surface area contributed by atoms with Crippen LogP contribution in [0.5, 0.6) is 11.5 Å². The van der Waals surface area contributed by atoms with Gasteiger partial charge in [0.1, 0.15) is 13.2 Å². The number of benzene rings is 1. The van der Waals surface area contributed by atoms with Crippen LogP contribution in [-0.2, 0) is 6.42 Å². The van der Waals surface area contributed by atoms with Crippen LogP contribution in [0.15, 0.2) is 10.5 Å². The molecule has 92 valence electrons. The summed E-state index contributed by atoms with van der Waals surface area (Å²) in [5.41, 5.74) is 7.06. The van der Waals surface area contributed by atoms with Crippen molar-refractivity contribution in [2.24, 2.45) is 5.73 Å². The average molecular weight is 300 g/mol. The summed E-state index contributed by atoms with van der Waals surface area (Å²) < 4.78 is 12.0. The van der Waals surface area contributed by atoms with Crippen LogP contribution >= 0.6 is 15.9 Å². The summed E-state index contributed by atoms with van der Waals surface area (Å²) in [7, 11) is 0. The maximum Gasteiger partial charge on any atom is 0.172 e. The molecule has 0 spiro atoms. The first kappa shape index (κ1) is 12.4. The van der Waals surface area contributed by atoms with Crippen LogP contribution in [0.1, 0.15) is 22.3 Å². The molecule has 4 nitrogen and oxygen atoms in total. The van der Waals surface area contributed by atoms with Gasteiger partial charge in [-0.2, -0.15) is 0 Å². The van der Waals surface area contributed by atoms with Crippen LogP contribution in [0, 0.1) is 0 Å². The Morgan fingerprint density at radius 1 is 1.35 bits per heavy atom. The highest BCUT2D eigenvalue weighted by atomic mass is 79.9. The number of halogens is 1. The van der Waals surface area contributed by atoms with Gasteiger partial charge < -0.3 is 15.2 Å². The summed E-state index contributed by atoms with van der Waals surface area (Å²) in [5, 5.41) is 0. The molecule has 2 rings (SSSR count). The van der Waals surface area contributed by atoms with Crippen molar-refractivity contribution in [2.75, 3.05) is 19.8 Å². The van der Waals surface area contributed by atoms with Crippen molar-refractivity contribution in [3.8, 4) is 11.5 Å². The van der Waals surface area contributed by atoms with Crippen molar-refractivity contribution in [3.05, 3.63) is 21.7 Å². The number of hydrogen-bond donors (Lipinski definition) is 1. The van der Waals surface area contributed by atoms with Gasteiger partial charge in [0.2, 0.25) is 0 Å². The fourth-order valence-corrected chi connectivity index (χ4v) is 2.48. The number of nitrogens with two attached hydrogens (primary N) is 1. The molecule has 17 heavy (non-hydrogen) atoms. The monoisotopic (exact) mass is 299 g/mol. The summed E-state index contributed by atoms with van der Waals surface area (Å²) in [6.45, 7) is 1.61. The van der Waals surface area contributed by atoms with E-state index in [1.807, 2.05) is 0 Å². The van der Waals surface area contributed by atoms with Gasteiger partial charge in [0.25, 0.3) is 0 Å². The predicted octanol–water partition coefficient (Wildman–Crippen LogP) is 1.92. The summed E-state index contributed by atoms with van der Waals surface area (Å²) >= 11 is 3.46. The second-order valence-electron chi connectivity index (χ2n) is 3.79. The second kappa shape index (κ2) is 5.51. The molecular formula is C12H14BrNO3. The molecule has 1 aliphatic rings. The van der Waals surface area contributed by atoms with Crippen LogP contribution in [0.25, 0.3) is 0 Å². The highest BCUT2D eigenvalue weighted by Crippen LogP contribution is 2.41. The standard InChI is InChI=1S/C12H14BrNO3/c13-10-6-8(7-15)11-12(17-5-4-16-11)9(10)2-1-3-14/h6-7H,1-5,14H2. The van der Waals surface area contributed by atoms with Gasteiger partial charge in [-0.1, -0.05) is 15.9 Å². The number of fused-ring (bicyclic) bond motifs is 1. The molecule has 0 amide bonds. The number of ether oxygens (including phenoxy) is 2. The van der Waals surface area contributed by atoms with Crippen molar-refractivity contribution in [2.45, 2.75) is 12.8 Å². The van der Waals surface area contributed by atoms with E-state index in [0.717, 1.165) is 29.2 Å². The lowest BCUT2D eigenvalue weighted by atomic mass is 10.0. The Hall–Kier alpha value is -1.07. The minimum atomic E-state index is 0.478. The molecule has 1 aromatic rings. The lowest BCUT2D eigenvalue weighted by Gasteiger charge is -2.23. The highest BCUT2D eigenvalue weighted by Gasteiger charge is 2.22. The summed E-state index contributed by atoms with van der Waals surface area (Å²) in [4.78, 5) is 11.0. The maximum atomic E-state index is 11.0. The lowest BCUT2D eigenvalue weighted by molar-refractivity contribution is 0.111. The van der Waals surface area contributed by atoms with Gasteiger partial charge >= 0.3 is 0 Å². The smallest absolute Gasteiger partial charge is 0.172 e. The van der Waals surface area contributed by atoms with Gasteiger partial charge in [-0.3, -0.25) is 4.79 Å². The topological polar surface area (TPSA) is 61.6 Å². The van der Waals surface area contributed by atoms with E-state index in [4.69, 9.17) is 15.2 Å². The molecule has 2 N–H and O–H groups in total. The first-order chi connectivity index (χ1) is 8.27. The first-order valence-electron chi connectivity index (χ1n) is 5.54. The molecule has 0 fully saturated rings. The predicted molar refractivity (Wildman–Crippen MR) is 67.9 cm³/mol. The number of rotatable bonds is 4. The summed E-state index contributed by atoms with van der Waals surface area (Å²) in [5.74, 6) is 1.24. The zero-order chi connectivity index (χ0) is 12.3. The van der Waals surface area contributed by atoms with Gasteiger partial charge in [0, 0.05) is 10.0 Å². The van der Waals surface area contributed by atoms with E-state index >= 15 is 0 Å². The largest absolute Gasteiger partial charge is 0.486 e. The molecule has 0 saturated carbocycles. The van der Waals surface area contributed by atoms with E-state index in [0.29, 0.717) is 36.8 Å². The third kappa shape index (κ3) is 2.45. The minimum absolute atomic E-state index is 0.478. The Bertz CT molecular complexity index is 434. The van der Waals surface area contributed by atoms with Gasteiger partial charge in [0.05, 0.1) is 5.56 Å². The number of hydrogen-bond acceptors (Lipinski definition) is 4. The molecular weight excluding hydrogens is 286 g/mol. The van der Waals surface area contributed by atoms with E-state index in [2.05, 4.69) is 15.9 Å². The molecule has 0 saturated heterocycles. The molecule has 0 bridgehead atoms. The lowest BCUT2D eigenvalue weighted by Crippen LogP contribution is -2.18. The Labute approximate surface area is 108 Å². The maximum absolute atomic E-state index is 11.0. The minimum Gasteiger partial charge on any atom is -0.486 e. The normalized spacial score (nSPS) is 13.5. The van der Waals surface area contributed by atoms with Gasteiger partial charge in [-0.15, -0.1) is 0 Å². The zero-order valence-corrected chi connectivity index (χ0v) is 11.0. The molecule has 5 heteroatoms. The fraction of sp³-hybridized carbons (Fsp3) is 0.417. The Morgan fingerprint density at radius 3 is 2.71 bits per heavy atom. The average Bonchev–Trinajstić information content (AvgIpc) is 2.37. The van der Waals surface area contributed by atoms with Crippen LogP contribution in [0.2, 0.25) is 0 Å². The van der Waals surface area contributed by atoms with Crippen molar-refractivity contribution in [1.82, 2.24) is 0 Å². The van der Waals surface area contributed by atoms with Crippen molar-refractivity contribution < 1.29 is 14.3 Å².